The zero-order valence-electron chi connectivity index (χ0n) is 8.64. The van der Waals surface area contributed by atoms with Crippen LogP contribution in [-0.4, -0.2) is 18.1 Å². The van der Waals surface area contributed by atoms with Crippen molar-refractivity contribution < 1.29 is 17.9 Å². The van der Waals surface area contributed by atoms with Crippen LogP contribution in [0, 0.1) is 0 Å². The molecule has 0 radical (unpaired) electrons. The lowest BCUT2D eigenvalue weighted by molar-refractivity contribution is -0.140. The van der Waals surface area contributed by atoms with Gasteiger partial charge >= 0.3 is 6.18 Å². The molecule has 0 aliphatic heterocycles. The Balaban J connectivity index is 2.37. The van der Waals surface area contributed by atoms with Crippen LogP contribution in [0.2, 0.25) is 0 Å². The summed E-state index contributed by atoms with van der Waals surface area (Å²) in [6.45, 7) is 0. The van der Waals surface area contributed by atoms with E-state index in [4.69, 9.17) is 4.74 Å². The molecule has 0 saturated heterocycles. The Kier molecular flexibility index (Phi) is 2.65. The molecule has 0 amide bonds. The van der Waals surface area contributed by atoms with E-state index in [0.29, 0.717) is 0 Å². The van der Waals surface area contributed by atoms with E-state index in [1.54, 1.807) is 0 Å². The van der Waals surface area contributed by atoms with Gasteiger partial charge in [-0.15, -0.1) is 0 Å². The number of rotatable bonds is 3. The minimum Gasteiger partial charge on any atom is -0.488 e. The van der Waals surface area contributed by atoms with Crippen LogP contribution >= 0.6 is 0 Å². The number of nitrogens with zero attached hydrogens (tertiary/aromatic N) is 1. The molecule has 1 aromatic rings. The predicted molar refractivity (Wildman–Crippen MR) is 52.4 cm³/mol. The second kappa shape index (κ2) is 3.84. The number of hydrogen-bond acceptors (Lipinski definition) is 3. The van der Waals surface area contributed by atoms with E-state index in [2.05, 4.69) is 10.3 Å². The normalized spacial score (nSPS) is 16.0. The molecule has 6 heteroatoms. The Morgan fingerprint density at radius 2 is 2.12 bits per heavy atom. The minimum absolute atomic E-state index is 0.0515. The summed E-state index contributed by atoms with van der Waals surface area (Å²) < 4.78 is 43.2. The first kappa shape index (κ1) is 11.0. The summed E-state index contributed by atoms with van der Waals surface area (Å²) in [5.74, 6) is 0.215. The van der Waals surface area contributed by atoms with Gasteiger partial charge in [0.1, 0.15) is 11.4 Å². The molecule has 0 spiro atoms. The summed E-state index contributed by atoms with van der Waals surface area (Å²) in [6.07, 6.45) is -1.52. The highest BCUT2D eigenvalue weighted by molar-refractivity contribution is 5.60. The van der Waals surface area contributed by atoms with Crippen LogP contribution < -0.4 is 10.1 Å². The van der Waals surface area contributed by atoms with E-state index in [1.807, 2.05) is 0 Å². The molecule has 3 nitrogen and oxygen atoms in total. The molecule has 0 atom stereocenters. The molecule has 0 unspecified atom stereocenters. The molecule has 1 fully saturated rings. The van der Waals surface area contributed by atoms with Gasteiger partial charge in [-0.3, -0.25) is 0 Å². The van der Waals surface area contributed by atoms with Gasteiger partial charge in [0.2, 0.25) is 0 Å². The summed E-state index contributed by atoms with van der Waals surface area (Å²) in [6, 6.07) is 1.44. The van der Waals surface area contributed by atoms with Crippen molar-refractivity contribution in [3.05, 3.63) is 18.0 Å². The van der Waals surface area contributed by atoms with Gasteiger partial charge in [0.05, 0.1) is 6.10 Å². The number of alkyl halides is 3. The third kappa shape index (κ3) is 2.20. The molecule has 2 rings (SSSR count). The fourth-order valence-corrected chi connectivity index (χ4v) is 1.36. The Bertz CT molecular complexity index is 388. The number of halogens is 3. The first-order chi connectivity index (χ1) is 7.52. The summed E-state index contributed by atoms with van der Waals surface area (Å²) in [7, 11) is 1.42. The van der Waals surface area contributed by atoms with E-state index in [9.17, 15) is 13.2 Å². The Labute approximate surface area is 90.6 Å². The third-order valence-electron chi connectivity index (χ3n) is 2.25. The quantitative estimate of drug-likeness (QED) is 0.869. The molecule has 1 aromatic heterocycles. The van der Waals surface area contributed by atoms with Crippen molar-refractivity contribution in [2.24, 2.45) is 0 Å². The summed E-state index contributed by atoms with van der Waals surface area (Å²) >= 11 is 0. The van der Waals surface area contributed by atoms with Crippen LogP contribution in [0.25, 0.3) is 0 Å². The molecule has 1 N–H and O–H groups in total. The maximum Gasteiger partial charge on any atom is 0.435 e. The van der Waals surface area contributed by atoms with E-state index < -0.39 is 11.9 Å². The highest BCUT2D eigenvalue weighted by atomic mass is 19.4. The second-order valence-electron chi connectivity index (χ2n) is 3.60. The Hall–Kier alpha value is -1.46. The summed E-state index contributed by atoms with van der Waals surface area (Å²) in [4.78, 5) is 3.34. The number of ether oxygens (including phenoxy) is 1. The van der Waals surface area contributed by atoms with Crippen molar-refractivity contribution in [3.63, 3.8) is 0 Å². The molecular weight excluding hydrogens is 221 g/mol. The molecule has 0 aromatic carbocycles. The topological polar surface area (TPSA) is 34.1 Å². The number of pyridine rings is 1. The minimum atomic E-state index is -4.47. The van der Waals surface area contributed by atoms with Gasteiger partial charge in [-0.2, -0.15) is 13.2 Å². The van der Waals surface area contributed by atoms with Crippen molar-refractivity contribution in [3.8, 4) is 5.75 Å². The van der Waals surface area contributed by atoms with Crippen molar-refractivity contribution >= 4 is 5.69 Å². The van der Waals surface area contributed by atoms with Gasteiger partial charge in [-0.25, -0.2) is 4.98 Å². The van der Waals surface area contributed by atoms with Crippen LogP contribution in [0.3, 0.4) is 0 Å². The molecule has 88 valence electrons. The lowest BCUT2D eigenvalue weighted by atomic mass is 10.2. The highest BCUT2D eigenvalue weighted by Crippen LogP contribution is 2.39. The Morgan fingerprint density at radius 3 is 2.62 bits per heavy atom. The number of hydrogen-bond donors (Lipinski definition) is 1. The van der Waals surface area contributed by atoms with Crippen molar-refractivity contribution in [1.82, 2.24) is 4.98 Å². The first-order valence-electron chi connectivity index (χ1n) is 4.93. The van der Waals surface area contributed by atoms with Gasteiger partial charge in [0.15, 0.2) is 5.69 Å². The van der Waals surface area contributed by atoms with Crippen LogP contribution in [0.1, 0.15) is 18.5 Å². The molecule has 0 bridgehead atoms. The monoisotopic (exact) mass is 232 g/mol. The maximum absolute atomic E-state index is 12.6. The van der Waals surface area contributed by atoms with Gasteiger partial charge in [-0.05, 0) is 12.8 Å². The van der Waals surface area contributed by atoms with Gasteiger partial charge in [0, 0.05) is 19.3 Å². The molecule has 1 aliphatic carbocycles. The second-order valence-corrected chi connectivity index (χ2v) is 3.60. The number of anilines is 1. The first-order valence-corrected chi connectivity index (χ1v) is 4.93. The average molecular weight is 232 g/mol. The fourth-order valence-electron chi connectivity index (χ4n) is 1.36. The van der Waals surface area contributed by atoms with Crippen molar-refractivity contribution in [2.45, 2.75) is 25.1 Å². The van der Waals surface area contributed by atoms with E-state index in [1.165, 1.54) is 13.1 Å². The lowest BCUT2D eigenvalue weighted by Gasteiger charge is -2.15. The van der Waals surface area contributed by atoms with Crippen LogP contribution in [0.15, 0.2) is 12.3 Å². The smallest absolute Gasteiger partial charge is 0.435 e. The van der Waals surface area contributed by atoms with E-state index >= 15 is 0 Å². The Morgan fingerprint density at radius 1 is 1.44 bits per heavy atom. The largest absolute Gasteiger partial charge is 0.488 e. The number of aromatic nitrogens is 1. The van der Waals surface area contributed by atoms with Gasteiger partial charge in [0.25, 0.3) is 0 Å². The van der Waals surface area contributed by atoms with Crippen molar-refractivity contribution in [1.29, 1.82) is 0 Å². The maximum atomic E-state index is 12.6. The highest BCUT2D eigenvalue weighted by Gasteiger charge is 2.37. The van der Waals surface area contributed by atoms with Crippen molar-refractivity contribution in [2.75, 3.05) is 12.4 Å². The third-order valence-corrected chi connectivity index (χ3v) is 2.25. The predicted octanol–water partition coefficient (Wildman–Crippen LogP) is 2.68. The molecular formula is C10H11F3N2O. The summed E-state index contributed by atoms with van der Waals surface area (Å²) in [5.41, 5.74) is -1.03. The van der Waals surface area contributed by atoms with Crippen LogP contribution in [0.4, 0.5) is 18.9 Å². The molecule has 16 heavy (non-hydrogen) atoms. The van der Waals surface area contributed by atoms with E-state index in [0.717, 1.165) is 19.0 Å². The lowest BCUT2D eigenvalue weighted by Crippen LogP contribution is -2.13. The van der Waals surface area contributed by atoms with E-state index in [-0.39, 0.29) is 17.5 Å². The summed E-state index contributed by atoms with van der Waals surface area (Å²) in [5, 5.41) is 2.50. The molecule has 1 aliphatic rings. The standard InChI is InChI=1S/C10H11F3N2O/c1-14-8-7(16-6-2-3-6)4-5-15-9(8)10(11,12)13/h4-6,14H,2-3H2,1H3. The zero-order valence-corrected chi connectivity index (χ0v) is 8.64. The van der Waals surface area contributed by atoms with Gasteiger partial charge < -0.3 is 10.1 Å². The fraction of sp³-hybridized carbons (Fsp3) is 0.500. The van der Waals surface area contributed by atoms with Crippen LogP contribution in [0.5, 0.6) is 5.75 Å². The molecule has 1 heterocycles. The van der Waals surface area contributed by atoms with Crippen LogP contribution in [-0.2, 0) is 6.18 Å². The zero-order chi connectivity index (χ0) is 11.8. The SMILES string of the molecule is CNc1c(OC2CC2)ccnc1C(F)(F)F. The van der Waals surface area contributed by atoms with Gasteiger partial charge in [-0.1, -0.05) is 0 Å². The number of nitrogens with one attached hydrogen (secondary N) is 1. The average Bonchev–Trinajstić information content (AvgIpc) is 3.00. The molecule has 1 saturated carbocycles.